The molecule has 1 aromatic rings. The lowest BCUT2D eigenvalue weighted by molar-refractivity contribution is 0.0678. The molecule has 1 fully saturated rings. The van der Waals surface area contributed by atoms with Crippen LogP contribution < -0.4 is 5.32 Å². The number of amides is 1. The zero-order chi connectivity index (χ0) is 14.4. The molecule has 1 aliphatic rings. The zero-order valence-electron chi connectivity index (χ0n) is 12.1. The van der Waals surface area contributed by atoms with E-state index in [0.29, 0.717) is 5.56 Å². The predicted octanol–water partition coefficient (Wildman–Crippen LogP) is 2.50. The largest absolute Gasteiger partial charge is 0.394 e. The summed E-state index contributed by atoms with van der Waals surface area (Å²) in [7, 11) is 0. The maximum atomic E-state index is 12.6. The van der Waals surface area contributed by atoms with Crippen LogP contribution in [0.25, 0.3) is 0 Å². The van der Waals surface area contributed by atoms with E-state index in [-0.39, 0.29) is 18.6 Å². The summed E-state index contributed by atoms with van der Waals surface area (Å²) >= 11 is 0. The number of nitrogens with one attached hydrogen (secondary N) is 1. The van der Waals surface area contributed by atoms with Crippen molar-refractivity contribution in [2.75, 3.05) is 25.0 Å². The Hall–Kier alpha value is -1.55. The molecule has 1 aliphatic heterocycles. The highest BCUT2D eigenvalue weighted by atomic mass is 16.3. The molecule has 2 rings (SSSR count). The highest BCUT2D eigenvalue weighted by molar-refractivity contribution is 5.99. The minimum atomic E-state index is -0.0220. The molecular formula is C16H24N2O2. The molecule has 0 radical (unpaired) electrons. The summed E-state index contributed by atoms with van der Waals surface area (Å²) in [4.78, 5) is 14.5. The van der Waals surface area contributed by atoms with Crippen LogP contribution >= 0.6 is 0 Å². The summed E-state index contributed by atoms with van der Waals surface area (Å²) in [5, 5.41) is 12.7. The first-order chi connectivity index (χ1) is 9.77. The van der Waals surface area contributed by atoms with E-state index in [2.05, 4.69) is 12.2 Å². The molecule has 0 spiro atoms. The number of likely N-dealkylation sites (tertiary alicyclic amines) is 1. The fourth-order valence-corrected chi connectivity index (χ4v) is 2.67. The number of nitrogens with zero attached hydrogens (tertiary/aromatic N) is 1. The van der Waals surface area contributed by atoms with Gasteiger partial charge in [0.15, 0.2) is 0 Å². The van der Waals surface area contributed by atoms with E-state index >= 15 is 0 Å². The average Bonchev–Trinajstić information content (AvgIpc) is 2.96. The van der Waals surface area contributed by atoms with Gasteiger partial charge in [0, 0.05) is 18.8 Å². The molecule has 0 aliphatic carbocycles. The van der Waals surface area contributed by atoms with Crippen molar-refractivity contribution in [3.8, 4) is 0 Å². The van der Waals surface area contributed by atoms with Crippen molar-refractivity contribution in [2.45, 2.75) is 38.6 Å². The first-order valence-electron chi connectivity index (χ1n) is 7.52. The first kappa shape index (κ1) is 14.9. The van der Waals surface area contributed by atoms with E-state index in [0.717, 1.165) is 44.5 Å². The summed E-state index contributed by atoms with van der Waals surface area (Å²) in [6.07, 6.45) is 4.09. The van der Waals surface area contributed by atoms with E-state index in [9.17, 15) is 9.90 Å². The van der Waals surface area contributed by atoms with Gasteiger partial charge in [0.05, 0.1) is 18.2 Å². The number of carbonyl (C=O) groups excluding carboxylic acids is 1. The van der Waals surface area contributed by atoms with Crippen molar-refractivity contribution in [3.63, 3.8) is 0 Å². The second-order valence-electron chi connectivity index (χ2n) is 5.30. The number of carbonyl (C=O) groups is 1. The first-order valence-corrected chi connectivity index (χ1v) is 7.52. The molecule has 4 nitrogen and oxygen atoms in total. The number of benzene rings is 1. The Morgan fingerprint density at radius 2 is 2.25 bits per heavy atom. The lowest BCUT2D eigenvalue weighted by Gasteiger charge is -2.24. The SMILES string of the molecule is CCCCNc1ccccc1C(=O)N1CCCC1CO. The number of unbranched alkanes of at least 4 members (excludes halogenated alkanes) is 1. The molecule has 1 amide bonds. The quantitative estimate of drug-likeness (QED) is 0.785. The second kappa shape index (κ2) is 7.29. The van der Waals surface area contributed by atoms with E-state index in [4.69, 9.17) is 0 Å². The Bertz CT molecular complexity index is 448. The molecule has 1 heterocycles. The molecule has 20 heavy (non-hydrogen) atoms. The number of para-hydroxylation sites is 1. The van der Waals surface area contributed by atoms with Gasteiger partial charge in [0.2, 0.25) is 0 Å². The van der Waals surface area contributed by atoms with Crippen LogP contribution in [0.2, 0.25) is 0 Å². The monoisotopic (exact) mass is 276 g/mol. The van der Waals surface area contributed by atoms with Crippen LogP contribution in [0.1, 0.15) is 43.0 Å². The molecule has 110 valence electrons. The zero-order valence-corrected chi connectivity index (χ0v) is 12.1. The minimum absolute atomic E-state index is 0.0220. The number of rotatable bonds is 6. The molecule has 1 saturated heterocycles. The average molecular weight is 276 g/mol. The molecule has 0 aromatic heterocycles. The third-order valence-corrected chi connectivity index (χ3v) is 3.85. The van der Waals surface area contributed by atoms with E-state index < -0.39 is 0 Å². The van der Waals surface area contributed by atoms with Crippen LogP contribution in [0, 0.1) is 0 Å². The van der Waals surface area contributed by atoms with Crippen LogP contribution in [0.5, 0.6) is 0 Å². The minimum Gasteiger partial charge on any atom is -0.394 e. The Kier molecular flexibility index (Phi) is 5.41. The fraction of sp³-hybridized carbons (Fsp3) is 0.562. The molecular weight excluding hydrogens is 252 g/mol. The number of aliphatic hydroxyl groups is 1. The topological polar surface area (TPSA) is 52.6 Å². The second-order valence-corrected chi connectivity index (χ2v) is 5.30. The predicted molar refractivity (Wildman–Crippen MR) is 81.0 cm³/mol. The van der Waals surface area contributed by atoms with Gasteiger partial charge in [-0.2, -0.15) is 0 Å². The maximum Gasteiger partial charge on any atom is 0.256 e. The van der Waals surface area contributed by atoms with E-state index in [1.54, 1.807) is 4.90 Å². The number of aliphatic hydroxyl groups excluding tert-OH is 1. The Labute approximate surface area is 120 Å². The third kappa shape index (κ3) is 3.31. The van der Waals surface area contributed by atoms with E-state index in [1.807, 2.05) is 24.3 Å². The van der Waals surface area contributed by atoms with Crippen molar-refractivity contribution in [1.29, 1.82) is 0 Å². The summed E-state index contributed by atoms with van der Waals surface area (Å²) in [6, 6.07) is 7.63. The van der Waals surface area contributed by atoms with Gasteiger partial charge in [-0.15, -0.1) is 0 Å². The molecule has 1 atom stereocenters. The standard InChI is InChI=1S/C16H24N2O2/c1-2-3-10-17-15-9-5-4-8-14(15)16(20)18-11-6-7-13(18)12-19/h4-5,8-9,13,17,19H,2-3,6-7,10-12H2,1H3. The van der Waals surface area contributed by atoms with Gasteiger partial charge in [-0.1, -0.05) is 25.5 Å². The van der Waals surface area contributed by atoms with Gasteiger partial charge in [0.25, 0.3) is 5.91 Å². The summed E-state index contributed by atoms with van der Waals surface area (Å²) in [5.41, 5.74) is 1.61. The third-order valence-electron chi connectivity index (χ3n) is 3.85. The highest BCUT2D eigenvalue weighted by Crippen LogP contribution is 2.23. The smallest absolute Gasteiger partial charge is 0.256 e. The number of hydrogen-bond acceptors (Lipinski definition) is 3. The van der Waals surface area contributed by atoms with Crippen molar-refractivity contribution >= 4 is 11.6 Å². The van der Waals surface area contributed by atoms with Crippen molar-refractivity contribution < 1.29 is 9.90 Å². The van der Waals surface area contributed by atoms with Gasteiger partial charge in [-0.25, -0.2) is 0 Å². The van der Waals surface area contributed by atoms with Crippen molar-refractivity contribution in [1.82, 2.24) is 4.90 Å². The maximum absolute atomic E-state index is 12.6. The van der Waals surface area contributed by atoms with Crippen molar-refractivity contribution in [2.24, 2.45) is 0 Å². The van der Waals surface area contributed by atoms with Crippen LogP contribution in [0.15, 0.2) is 24.3 Å². The van der Waals surface area contributed by atoms with Gasteiger partial charge >= 0.3 is 0 Å². The number of anilines is 1. The lowest BCUT2D eigenvalue weighted by Crippen LogP contribution is -2.37. The Morgan fingerprint density at radius 3 is 3.00 bits per heavy atom. The Morgan fingerprint density at radius 1 is 1.45 bits per heavy atom. The Balaban J connectivity index is 2.12. The van der Waals surface area contributed by atoms with Crippen LogP contribution in [-0.2, 0) is 0 Å². The van der Waals surface area contributed by atoms with Crippen molar-refractivity contribution in [3.05, 3.63) is 29.8 Å². The van der Waals surface area contributed by atoms with E-state index in [1.165, 1.54) is 0 Å². The fourth-order valence-electron chi connectivity index (χ4n) is 2.67. The normalized spacial score (nSPS) is 18.3. The van der Waals surface area contributed by atoms with Gasteiger partial charge < -0.3 is 15.3 Å². The van der Waals surface area contributed by atoms with Gasteiger partial charge in [-0.05, 0) is 31.4 Å². The summed E-state index contributed by atoms with van der Waals surface area (Å²) in [5.74, 6) is 0.0288. The van der Waals surface area contributed by atoms with Gasteiger partial charge in [0.1, 0.15) is 0 Å². The highest BCUT2D eigenvalue weighted by Gasteiger charge is 2.29. The lowest BCUT2D eigenvalue weighted by atomic mass is 10.1. The van der Waals surface area contributed by atoms with Crippen LogP contribution in [0.3, 0.4) is 0 Å². The summed E-state index contributed by atoms with van der Waals surface area (Å²) < 4.78 is 0. The molecule has 0 saturated carbocycles. The molecule has 2 N–H and O–H groups in total. The van der Waals surface area contributed by atoms with Crippen LogP contribution in [-0.4, -0.2) is 41.7 Å². The van der Waals surface area contributed by atoms with Gasteiger partial charge in [-0.3, -0.25) is 4.79 Å². The molecule has 1 unspecified atom stereocenters. The molecule has 0 bridgehead atoms. The number of hydrogen-bond donors (Lipinski definition) is 2. The molecule has 4 heteroatoms. The van der Waals surface area contributed by atoms with Crippen LogP contribution in [0.4, 0.5) is 5.69 Å². The summed E-state index contributed by atoms with van der Waals surface area (Å²) in [6.45, 7) is 3.82. The molecule has 1 aromatic carbocycles.